The molecule has 0 aromatic carbocycles. The topological polar surface area (TPSA) is 139 Å². The number of hydrogen-bond acceptors (Lipinski definition) is 8. The first-order valence-corrected chi connectivity index (χ1v) is 8.75. The third-order valence-electron chi connectivity index (χ3n) is 4.57. The van der Waals surface area contributed by atoms with Crippen molar-refractivity contribution >= 4 is 17.5 Å². The zero-order valence-electron chi connectivity index (χ0n) is 16.5. The van der Waals surface area contributed by atoms with E-state index in [1.807, 2.05) is 0 Å². The summed E-state index contributed by atoms with van der Waals surface area (Å²) >= 11 is 0. The van der Waals surface area contributed by atoms with Gasteiger partial charge in [0.25, 0.3) is 0 Å². The Bertz CT molecular complexity index is 683. The molecule has 1 heterocycles. The lowest BCUT2D eigenvalue weighted by Crippen LogP contribution is -2.53. The molecule has 10 heteroatoms. The summed E-state index contributed by atoms with van der Waals surface area (Å²) in [5.41, 5.74) is -1.64. The molecular weight excluding hydrogens is 354 g/mol. The van der Waals surface area contributed by atoms with Crippen LogP contribution in [-0.4, -0.2) is 61.4 Å². The van der Waals surface area contributed by atoms with Gasteiger partial charge in [-0.15, -0.1) is 0 Å². The molecule has 3 N–H and O–H groups in total. The van der Waals surface area contributed by atoms with E-state index >= 15 is 0 Å². The number of ketones is 2. The van der Waals surface area contributed by atoms with E-state index < -0.39 is 22.1 Å². The first-order valence-electron chi connectivity index (χ1n) is 8.75. The largest absolute Gasteiger partial charge is 0.434 e. The first kappa shape index (κ1) is 22.9. The number of aromatic nitrogens is 2. The highest BCUT2D eigenvalue weighted by molar-refractivity contribution is 5.87. The molecule has 0 amide bonds. The number of β-amino-alcohol motifs (C(OH)–C–C–N with tert-alkyl or cyclic N) is 1. The molecule has 0 bridgehead atoms. The Morgan fingerprint density at radius 2 is 1.81 bits per heavy atom. The van der Waals surface area contributed by atoms with Gasteiger partial charge in [-0.05, 0) is 39.5 Å². The molecule has 1 rings (SSSR count). The molecule has 1 unspecified atom stereocenters. The first-order chi connectivity index (χ1) is 12.4. The maximum absolute atomic E-state index is 12.5. The van der Waals surface area contributed by atoms with Crippen molar-refractivity contribution in [3.63, 3.8) is 0 Å². The Labute approximate surface area is 158 Å². The number of nitrogens with one attached hydrogen (secondary N) is 2. The molecule has 0 saturated heterocycles. The Balaban J connectivity index is 2.49. The van der Waals surface area contributed by atoms with Crippen LogP contribution in [0.15, 0.2) is 12.4 Å². The molecule has 0 fully saturated rings. The number of Topliss-reactive ketones (excluding diaryl/α,β-unsaturated/α-hetero) is 2. The van der Waals surface area contributed by atoms with Gasteiger partial charge in [-0.1, -0.05) is 4.98 Å². The lowest BCUT2D eigenvalue weighted by atomic mass is 9.96. The maximum Gasteiger partial charge on any atom is 0.434 e. The van der Waals surface area contributed by atoms with Gasteiger partial charge in [0.15, 0.2) is 5.78 Å². The molecular formula is C17H29N5O5. The van der Waals surface area contributed by atoms with Crippen LogP contribution in [0.5, 0.6) is 0 Å². The molecule has 1 aromatic rings. The monoisotopic (exact) mass is 383 g/mol. The molecule has 1 aromatic heterocycles. The number of imidazole rings is 1. The average molecular weight is 383 g/mol. The van der Waals surface area contributed by atoms with Crippen LogP contribution in [0.3, 0.4) is 0 Å². The van der Waals surface area contributed by atoms with Gasteiger partial charge in [0.05, 0.1) is 23.7 Å². The van der Waals surface area contributed by atoms with E-state index in [0.717, 1.165) is 0 Å². The van der Waals surface area contributed by atoms with Crippen molar-refractivity contribution in [2.45, 2.75) is 64.8 Å². The number of nitrogens with zero attached hydrogens (tertiary/aromatic N) is 3. The molecule has 10 nitrogen and oxygen atoms in total. The minimum atomic E-state index is -0.910. The van der Waals surface area contributed by atoms with Crippen LogP contribution >= 0.6 is 0 Å². The standard InChI is InChI=1S/C17H29N5O5/c1-12(23)16(2,3)19-10-13(24)11-20-17(4,5)14(25)6-8-21-9-7-18-15(21)22(26)27/h7,9,13,19-20,24H,6,8,10-11H2,1-5H3. The number of carbonyl (C=O) groups is 2. The highest BCUT2D eigenvalue weighted by Crippen LogP contribution is 2.12. The van der Waals surface area contributed by atoms with Gasteiger partial charge in [0.2, 0.25) is 0 Å². The second-order valence-corrected chi connectivity index (χ2v) is 7.57. The number of rotatable bonds is 12. The Kier molecular flexibility index (Phi) is 7.76. The fraction of sp³-hybridized carbons (Fsp3) is 0.706. The molecule has 1 atom stereocenters. The number of carbonyl (C=O) groups excluding carboxylic acids is 2. The lowest BCUT2D eigenvalue weighted by Gasteiger charge is -2.28. The van der Waals surface area contributed by atoms with Gasteiger partial charge < -0.3 is 25.9 Å². The summed E-state index contributed by atoms with van der Waals surface area (Å²) in [7, 11) is 0. The summed E-state index contributed by atoms with van der Waals surface area (Å²) < 4.78 is 1.32. The van der Waals surface area contributed by atoms with E-state index in [1.165, 1.54) is 23.9 Å². The second-order valence-electron chi connectivity index (χ2n) is 7.57. The van der Waals surface area contributed by atoms with Crippen molar-refractivity contribution in [3.8, 4) is 0 Å². The van der Waals surface area contributed by atoms with E-state index in [1.54, 1.807) is 27.7 Å². The van der Waals surface area contributed by atoms with Crippen molar-refractivity contribution < 1.29 is 19.6 Å². The van der Waals surface area contributed by atoms with Crippen LogP contribution < -0.4 is 10.6 Å². The van der Waals surface area contributed by atoms with Crippen LogP contribution in [0.25, 0.3) is 0 Å². The molecule has 0 radical (unpaired) electrons. The van der Waals surface area contributed by atoms with Crippen LogP contribution in [0.4, 0.5) is 5.95 Å². The van der Waals surface area contributed by atoms with Crippen LogP contribution in [-0.2, 0) is 16.1 Å². The molecule has 0 aliphatic carbocycles. The van der Waals surface area contributed by atoms with Crippen LogP contribution in [0.2, 0.25) is 0 Å². The lowest BCUT2D eigenvalue weighted by molar-refractivity contribution is -0.396. The van der Waals surface area contributed by atoms with E-state index in [2.05, 4.69) is 15.6 Å². The van der Waals surface area contributed by atoms with Crippen LogP contribution in [0.1, 0.15) is 41.0 Å². The molecule has 0 saturated carbocycles. The highest BCUT2D eigenvalue weighted by atomic mass is 16.6. The smallest absolute Gasteiger partial charge is 0.390 e. The van der Waals surface area contributed by atoms with E-state index in [-0.39, 0.29) is 43.6 Å². The zero-order chi connectivity index (χ0) is 20.8. The normalized spacial score (nSPS) is 13.4. The Morgan fingerprint density at radius 3 is 2.33 bits per heavy atom. The van der Waals surface area contributed by atoms with Gasteiger partial charge in [-0.2, -0.15) is 0 Å². The van der Waals surface area contributed by atoms with Gasteiger partial charge in [0.1, 0.15) is 18.2 Å². The Hall–Kier alpha value is -2.17. The van der Waals surface area contributed by atoms with Crippen molar-refractivity contribution in [3.05, 3.63) is 22.5 Å². The fourth-order valence-corrected chi connectivity index (χ4v) is 2.22. The zero-order valence-corrected chi connectivity index (χ0v) is 16.5. The number of nitro groups is 1. The summed E-state index contributed by atoms with van der Waals surface area (Å²) in [6, 6.07) is 0. The number of aryl methyl sites for hydroxylation is 1. The van der Waals surface area contributed by atoms with E-state index in [0.29, 0.717) is 0 Å². The van der Waals surface area contributed by atoms with Crippen molar-refractivity contribution in [1.29, 1.82) is 0 Å². The number of aliphatic hydroxyl groups excluding tert-OH is 1. The highest BCUT2D eigenvalue weighted by Gasteiger charge is 2.29. The minimum absolute atomic E-state index is 0.0354. The summed E-state index contributed by atoms with van der Waals surface area (Å²) in [5, 5.41) is 26.9. The predicted octanol–water partition coefficient (Wildman–Crippen LogP) is 0.437. The summed E-state index contributed by atoms with van der Waals surface area (Å²) in [4.78, 5) is 37.8. The fourth-order valence-electron chi connectivity index (χ4n) is 2.22. The average Bonchev–Trinajstić information content (AvgIpc) is 3.04. The van der Waals surface area contributed by atoms with Gasteiger partial charge in [0, 0.05) is 19.5 Å². The second kappa shape index (κ2) is 9.16. The molecule has 152 valence electrons. The molecule has 0 aliphatic rings. The van der Waals surface area contributed by atoms with E-state index in [9.17, 15) is 24.8 Å². The maximum atomic E-state index is 12.5. The number of aliphatic hydroxyl groups is 1. The quantitative estimate of drug-likeness (QED) is 0.349. The SMILES string of the molecule is CC(=O)C(C)(C)NCC(O)CNC(C)(C)C(=O)CCn1ccnc1[N+](=O)[O-]. The third-order valence-corrected chi connectivity index (χ3v) is 4.57. The predicted molar refractivity (Wildman–Crippen MR) is 99.4 cm³/mol. The summed E-state index contributed by atoms with van der Waals surface area (Å²) in [6.07, 6.45) is 2.07. The van der Waals surface area contributed by atoms with E-state index in [4.69, 9.17) is 0 Å². The van der Waals surface area contributed by atoms with Crippen molar-refractivity contribution in [2.24, 2.45) is 0 Å². The third kappa shape index (κ3) is 6.81. The van der Waals surface area contributed by atoms with Crippen molar-refractivity contribution in [2.75, 3.05) is 13.1 Å². The molecule has 0 spiro atoms. The minimum Gasteiger partial charge on any atom is -0.390 e. The molecule has 27 heavy (non-hydrogen) atoms. The van der Waals surface area contributed by atoms with Crippen molar-refractivity contribution in [1.82, 2.24) is 20.2 Å². The summed E-state index contributed by atoms with van der Waals surface area (Å²) in [6.45, 7) is 8.84. The number of hydrogen-bond donors (Lipinski definition) is 3. The Morgan fingerprint density at radius 1 is 1.26 bits per heavy atom. The van der Waals surface area contributed by atoms with Crippen LogP contribution in [0, 0.1) is 10.1 Å². The molecule has 0 aliphatic heterocycles. The van der Waals surface area contributed by atoms with Gasteiger partial charge in [-0.25, -0.2) is 4.57 Å². The van der Waals surface area contributed by atoms with Gasteiger partial charge >= 0.3 is 5.95 Å². The van der Waals surface area contributed by atoms with Gasteiger partial charge in [-0.3, -0.25) is 9.59 Å². The summed E-state index contributed by atoms with van der Waals surface area (Å²) in [5.74, 6) is -0.482.